The molecule has 0 bridgehead atoms. The van der Waals surface area contributed by atoms with Crippen LogP contribution in [0, 0.1) is 58.2 Å². The molecule has 0 heterocycles. The van der Waals surface area contributed by atoms with Gasteiger partial charge in [-0.25, -0.2) is 0 Å². The summed E-state index contributed by atoms with van der Waals surface area (Å²) in [6, 6.07) is 0. The number of nitrogens with zero attached hydrogens (tertiary/aromatic N) is 1. The Hall–Kier alpha value is 0.159. The van der Waals surface area contributed by atoms with Crippen molar-refractivity contribution >= 4 is 23.0 Å². The fraction of sp³-hybridized carbons (Fsp3) is 0.867. The van der Waals surface area contributed by atoms with Crippen molar-refractivity contribution in [2.75, 3.05) is 0 Å². The number of hydrogen-bond donors (Lipinski definition) is 3. The zero-order chi connectivity index (χ0) is 25.5. The molecule has 4 saturated carbocycles. The second kappa shape index (κ2) is 14.4. The number of allylic oxidation sites excluding steroid dienone is 2. The molecule has 4 fully saturated rings. The Kier molecular flexibility index (Phi) is 13.7. The van der Waals surface area contributed by atoms with E-state index in [4.69, 9.17) is 23.1 Å². The van der Waals surface area contributed by atoms with Gasteiger partial charge in [0.2, 0.25) is 0 Å². The van der Waals surface area contributed by atoms with E-state index < -0.39 is 0 Å². The summed E-state index contributed by atoms with van der Waals surface area (Å²) < 4.78 is 0. The largest absolute Gasteiger partial charge is 2.00 e. The number of halogens is 2. The number of aliphatic hydroxyl groups is 1. The minimum Gasteiger partial charge on any atom is -1.00 e. The number of fused-ring (bicyclic) bond motifs is 5. The third-order valence-corrected chi connectivity index (χ3v) is 11.5. The molecule has 223 valence electrons. The molecule has 4 nitrogen and oxygen atoms in total. The van der Waals surface area contributed by atoms with E-state index in [1.54, 1.807) is 0 Å². The minimum atomic E-state index is -0.213. The first kappa shape index (κ1) is 36.2. The number of rotatable bonds is 6. The normalized spacial score (nSPS) is 40.6. The first-order valence-electron chi connectivity index (χ1n) is 14.5. The Balaban J connectivity index is 0.00000241. The summed E-state index contributed by atoms with van der Waals surface area (Å²) >= 11 is 5.08. The molecule has 0 aromatic carbocycles. The summed E-state index contributed by atoms with van der Waals surface area (Å²) in [5.74, 6) is 5.31. The van der Waals surface area contributed by atoms with Gasteiger partial charge in [0.25, 0.3) is 0 Å². The zero-order valence-corrected chi connectivity index (χ0v) is 27.4. The fourth-order valence-corrected chi connectivity index (χ4v) is 9.53. The molecule has 0 amide bonds. The van der Waals surface area contributed by atoms with Gasteiger partial charge in [-0.3, -0.25) is 5.43 Å². The van der Waals surface area contributed by atoms with Crippen LogP contribution < -0.4 is 36.0 Å². The molecule has 4 rings (SSSR count). The second-order valence-corrected chi connectivity index (χ2v) is 13.9. The van der Waals surface area contributed by atoms with Crippen LogP contribution in [0.2, 0.25) is 0 Å². The predicted molar refractivity (Wildman–Crippen MR) is 151 cm³/mol. The molecular weight excluding hydrogens is 585 g/mol. The van der Waals surface area contributed by atoms with E-state index in [-0.39, 0.29) is 58.5 Å². The molecule has 8 heteroatoms. The predicted octanol–water partition coefficient (Wildman–Crippen LogP) is 0.685. The summed E-state index contributed by atoms with van der Waals surface area (Å²) in [6.07, 6.45) is 15.4. The summed E-state index contributed by atoms with van der Waals surface area (Å²) in [6.45, 7) is 14.6. The molecule has 0 aromatic heterocycles. The standard InChI is InChI=1S/C30H51N3OS.2ClH.Cu/c1-7-20(18(2)3)9-8-19(4)23-10-11-24-22-17-27(32-33-28(31)35)26-16-21(34)12-14-30(26,6)25(22)13-15-29(23,24)5;;;/h8-9,18-26,34H,7,10-17H2,1-6H3,(H3,31,33,35);2*1H;/q;;;+2/p-2/b9-8+,32-27+;;;/t19-,20+,21+,22+,23-,24+,25+,26?,29-,30-;;;/m1.../s1. The van der Waals surface area contributed by atoms with Gasteiger partial charge in [-0.2, -0.15) is 5.10 Å². The molecule has 4 aliphatic carbocycles. The fourth-order valence-electron chi connectivity index (χ4n) is 9.48. The molecule has 0 saturated heterocycles. The molecule has 4 aliphatic rings. The van der Waals surface area contributed by atoms with E-state index in [1.807, 2.05) is 0 Å². The van der Waals surface area contributed by atoms with Crippen LogP contribution in [0.15, 0.2) is 17.3 Å². The van der Waals surface area contributed by atoms with E-state index in [0.29, 0.717) is 35.0 Å². The smallest absolute Gasteiger partial charge is 1.00 e. The van der Waals surface area contributed by atoms with E-state index in [0.717, 1.165) is 43.4 Å². The van der Waals surface area contributed by atoms with Crippen LogP contribution >= 0.6 is 12.2 Å². The average Bonchev–Trinajstić information content (AvgIpc) is 3.15. The first-order valence-corrected chi connectivity index (χ1v) is 14.9. The average molecular weight is 636 g/mol. The van der Waals surface area contributed by atoms with Gasteiger partial charge in [-0.15, -0.1) is 0 Å². The molecule has 0 aromatic rings. The number of thiocarbonyl (C=S) groups is 1. The summed E-state index contributed by atoms with van der Waals surface area (Å²) in [5.41, 5.74) is 10.5. The summed E-state index contributed by atoms with van der Waals surface area (Å²) in [5, 5.41) is 15.6. The van der Waals surface area contributed by atoms with Gasteiger partial charge < -0.3 is 35.7 Å². The maximum Gasteiger partial charge on any atom is 2.00 e. The van der Waals surface area contributed by atoms with Crippen LogP contribution in [0.1, 0.15) is 99.3 Å². The van der Waals surface area contributed by atoms with Crippen molar-refractivity contribution in [1.82, 2.24) is 5.43 Å². The molecular formula is C30H51Cl2CuN3OS. The van der Waals surface area contributed by atoms with Gasteiger partial charge in [-0.05, 0) is 122 Å². The maximum atomic E-state index is 10.6. The van der Waals surface area contributed by atoms with Gasteiger partial charge in [0.05, 0.1) is 6.10 Å². The number of nitrogens with two attached hydrogens (primary N) is 1. The van der Waals surface area contributed by atoms with Crippen molar-refractivity contribution in [3.63, 3.8) is 0 Å². The van der Waals surface area contributed by atoms with E-state index in [2.05, 4.69) is 59.1 Å². The van der Waals surface area contributed by atoms with Gasteiger partial charge in [0.15, 0.2) is 5.11 Å². The summed E-state index contributed by atoms with van der Waals surface area (Å²) in [7, 11) is 0. The molecule has 10 atom stereocenters. The maximum absolute atomic E-state index is 10.6. The molecule has 0 spiro atoms. The molecule has 4 N–H and O–H groups in total. The molecule has 38 heavy (non-hydrogen) atoms. The van der Waals surface area contributed by atoms with E-state index in [1.165, 1.54) is 37.8 Å². The number of hydrogen-bond acceptors (Lipinski definition) is 3. The van der Waals surface area contributed by atoms with Crippen LogP contribution in [-0.2, 0) is 17.1 Å². The molecule has 1 radical (unpaired) electrons. The topological polar surface area (TPSA) is 70.6 Å². The van der Waals surface area contributed by atoms with Gasteiger partial charge in [0.1, 0.15) is 0 Å². The molecule has 1 unspecified atom stereocenters. The Morgan fingerprint density at radius 3 is 2.32 bits per heavy atom. The number of hydrazone groups is 1. The minimum absolute atomic E-state index is 0. The van der Waals surface area contributed by atoms with E-state index in [9.17, 15) is 5.11 Å². The van der Waals surface area contributed by atoms with Crippen molar-refractivity contribution in [3.05, 3.63) is 12.2 Å². The van der Waals surface area contributed by atoms with Gasteiger partial charge in [0, 0.05) is 11.6 Å². The van der Waals surface area contributed by atoms with E-state index >= 15 is 0 Å². The van der Waals surface area contributed by atoms with Gasteiger partial charge >= 0.3 is 17.1 Å². The van der Waals surface area contributed by atoms with Crippen LogP contribution in [-0.4, -0.2) is 22.0 Å². The van der Waals surface area contributed by atoms with Crippen molar-refractivity contribution in [2.24, 2.45) is 69.0 Å². The molecule has 0 aliphatic heterocycles. The summed E-state index contributed by atoms with van der Waals surface area (Å²) in [4.78, 5) is 0. The number of aliphatic hydroxyl groups excluding tert-OH is 1. The van der Waals surface area contributed by atoms with Crippen molar-refractivity contribution in [1.29, 1.82) is 0 Å². The van der Waals surface area contributed by atoms with Crippen molar-refractivity contribution < 1.29 is 47.0 Å². The van der Waals surface area contributed by atoms with Crippen LogP contribution in [0.3, 0.4) is 0 Å². The van der Waals surface area contributed by atoms with Crippen LogP contribution in [0.25, 0.3) is 0 Å². The second-order valence-electron chi connectivity index (χ2n) is 13.4. The Morgan fingerprint density at radius 1 is 1.08 bits per heavy atom. The zero-order valence-electron chi connectivity index (χ0n) is 24.2. The SMILES string of the molecule is CC[C@@H](/C=C/[C@@H](C)[C@H]1CC[C@H]2[C@@H]3C/C(=N\NC(N)=S)C4C[C@@H](O)CC[C@]4(C)[C@H]3CC[C@]12C)C(C)C.[Cl-].[Cl-].[Cu+2]. The monoisotopic (exact) mass is 634 g/mol. The Bertz CT molecular complexity index is 857. The quantitative estimate of drug-likeness (QED) is 0.174. The Labute approximate surface area is 260 Å². The number of nitrogens with one attached hydrogen (secondary N) is 1. The third-order valence-electron chi connectivity index (χ3n) is 11.5. The van der Waals surface area contributed by atoms with Crippen LogP contribution in [0.5, 0.6) is 0 Å². The van der Waals surface area contributed by atoms with Crippen molar-refractivity contribution in [3.8, 4) is 0 Å². The third kappa shape index (κ3) is 6.79. The first-order chi connectivity index (χ1) is 16.5. The van der Waals surface area contributed by atoms with Crippen molar-refractivity contribution in [2.45, 2.75) is 105 Å². The Morgan fingerprint density at radius 2 is 1.71 bits per heavy atom. The van der Waals surface area contributed by atoms with Crippen LogP contribution in [0.4, 0.5) is 0 Å². The van der Waals surface area contributed by atoms with Gasteiger partial charge in [-0.1, -0.05) is 53.7 Å².